The van der Waals surface area contributed by atoms with Crippen molar-refractivity contribution < 1.29 is 5.11 Å². The van der Waals surface area contributed by atoms with Crippen LogP contribution in [0, 0.1) is 0 Å². The zero-order chi connectivity index (χ0) is 9.70. The zero-order valence-corrected chi connectivity index (χ0v) is 11.5. The molecule has 0 aliphatic rings. The number of halogens is 5. The highest BCUT2D eigenvalue weighted by Gasteiger charge is 1.77. The summed E-state index contributed by atoms with van der Waals surface area (Å²) in [5.41, 5.74) is 0. The van der Waals surface area contributed by atoms with Gasteiger partial charge in [-0.25, -0.2) is 0 Å². The molecule has 6 heteroatoms. The molecule has 0 aromatic heterocycles. The fraction of sp³-hybridized carbons (Fsp3) is 1.00. The molecule has 1 nitrogen and oxygen atoms in total. The predicted molar refractivity (Wildman–Crippen MR) is 61.7 cm³/mol. The van der Waals surface area contributed by atoms with Crippen molar-refractivity contribution in [1.29, 1.82) is 0 Å². The van der Waals surface area contributed by atoms with Crippen LogP contribution in [0.15, 0.2) is 0 Å². The van der Waals surface area contributed by atoms with E-state index in [1.807, 2.05) is 6.92 Å². The molecule has 0 saturated heterocycles. The van der Waals surface area contributed by atoms with E-state index in [4.69, 9.17) is 39.9 Å². The number of aliphatic hydroxyl groups is 1. The maximum atomic E-state index is 7.74. The maximum Gasteiger partial charge on any atom is 0.143 e. The standard InChI is InChI=1S/C2H5ClO.C2H5Cl.CHBr2Cl/c3-1-2-4;1-2-3;2-1(3)4/h4H,1-2H2;2H2,1H3;1H. The van der Waals surface area contributed by atoms with Crippen molar-refractivity contribution in [3.63, 3.8) is 0 Å². The SMILES string of the molecule is CCCl.ClC(Br)Br.OCCCl. The van der Waals surface area contributed by atoms with E-state index in [0.717, 1.165) is 5.88 Å². The Morgan fingerprint density at radius 1 is 1.36 bits per heavy atom. The molecule has 0 spiro atoms. The lowest BCUT2D eigenvalue weighted by molar-refractivity contribution is 0.321. The number of alkyl halides is 5. The Balaban J connectivity index is -0.0000000886. The van der Waals surface area contributed by atoms with Gasteiger partial charge in [0.1, 0.15) is 3.20 Å². The van der Waals surface area contributed by atoms with Crippen LogP contribution in [0.2, 0.25) is 0 Å². The van der Waals surface area contributed by atoms with Gasteiger partial charge in [0.2, 0.25) is 0 Å². The smallest absolute Gasteiger partial charge is 0.143 e. The topological polar surface area (TPSA) is 20.2 Å². The summed E-state index contributed by atoms with van der Waals surface area (Å²) in [6.07, 6.45) is 0. The first-order valence-electron chi connectivity index (χ1n) is 2.71. The van der Waals surface area contributed by atoms with E-state index < -0.39 is 0 Å². The second-order valence-electron chi connectivity index (χ2n) is 0.927. The van der Waals surface area contributed by atoms with Crippen LogP contribution >= 0.6 is 66.7 Å². The summed E-state index contributed by atoms with van der Waals surface area (Å²) in [6, 6.07) is 0. The van der Waals surface area contributed by atoms with Crippen LogP contribution in [0.4, 0.5) is 0 Å². The third kappa shape index (κ3) is 145. The predicted octanol–water partition coefficient (Wildman–Crippen LogP) is 3.76. The van der Waals surface area contributed by atoms with Crippen LogP contribution in [-0.4, -0.2) is 26.7 Å². The van der Waals surface area contributed by atoms with E-state index in [1.165, 1.54) is 0 Å². The van der Waals surface area contributed by atoms with Crippen molar-refractivity contribution in [2.45, 2.75) is 10.1 Å². The van der Waals surface area contributed by atoms with Crippen molar-refractivity contribution in [3.05, 3.63) is 0 Å². The largest absolute Gasteiger partial charge is 0.395 e. The Labute approximate surface area is 99.6 Å². The van der Waals surface area contributed by atoms with Crippen LogP contribution in [-0.2, 0) is 0 Å². The Hall–Kier alpha value is 1.79. The van der Waals surface area contributed by atoms with E-state index in [0.29, 0.717) is 5.88 Å². The van der Waals surface area contributed by atoms with Gasteiger partial charge in [-0.3, -0.25) is 0 Å². The van der Waals surface area contributed by atoms with E-state index in [-0.39, 0.29) is 9.80 Å². The average molecular weight is 353 g/mol. The van der Waals surface area contributed by atoms with Crippen molar-refractivity contribution in [3.8, 4) is 0 Å². The van der Waals surface area contributed by atoms with Gasteiger partial charge in [0, 0.05) is 11.8 Å². The fourth-order valence-electron chi connectivity index (χ4n) is 0. The van der Waals surface area contributed by atoms with Crippen molar-refractivity contribution in [2.75, 3.05) is 18.4 Å². The molecule has 0 heterocycles. The summed E-state index contributed by atoms with van der Waals surface area (Å²) in [5, 5.41) is 7.74. The molecule has 0 unspecified atom stereocenters. The third-order valence-electron chi connectivity index (χ3n) is 0.0845. The number of hydrogen-bond acceptors (Lipinski definition) is 1. The monoisotopic (exact) mass is 350 g/mol. The lowest BCUT2D eigenvalue weighted by Crippen LogP contribution is -1.76. The van der Waals surface area contributed by atoms with E-state index in [1.54, 1.807) is 0 Å². The average Bonchev–Trinajstić information content (AvgIpc) is 1.88. The lowest BCUT2D eigenvalue weighted by Gasteiger charge is -1.70. The molecule has 11 heavy (non-hydrogen) atoms. The molecule has 0 aromatic rings. The minimum Gasteiger partial charge on any atom is -0.395 e. The highest BCUT2D eigenvalue weighted by molar-refractivity contribution is 9.25. The molecule has 0 fully saturated rings. The molecule has 72 valence electrons. The van der Waals surface area contributed by atoms with Gasteiger partial charge < -0.3 is 5.11 Å². The normalized spacial score (nSPS) is 7.64. The highest BCUT2D eigenvalue weighted by atomic mass is 79.9. The molecule has 0 amide bonds. The molecule has 0 aliphatic heterocycles. The third-order valence-corrected chi connectivity index (χ3v) is 0.254. The second kappa shape index (κ2) is 22.6. The Kier molecular flexibility index (Phi) is 38.1. The second-order valence-corrected chi connectivity index (χ2v) is 6.39. The Bertz CT molecular complexity index is 44.0. The van der Waals surface area contributed by atoms with Crippen LogP contribution in [0.5, 0.6) is 0 Å². The molecule has 0 rings (SSSR count). The van der Waals surface area contributed by atoms with Crippen LogP contribution in [0.3, 0.4) is 0 Å². The van der Waals surface area contributed by atoms with Crippen molar-refractivity contribution >= 4 is 66.7 Å². The first-order valence-corrected chi connectivity index (χ1v) is 6.05. The van der Waals surface area contributed by atoms with Gasteiger partial charge in [-0.1, -0.05) is 50.4 Å². The van der Waals surface area contributed by atoms with Gasteiger partial charge in [-0.15, -0.1) is 23.2 Å². The summed E-state index contributed by atoms with van der Waals surface area (Å²) in [4.78, 5) is 0. The Morgan fingerprint density at radius 3 is 1.45 bits per heavy atom. The number of aliphatic hydroxyl groups excluding tert-OH is 1. The van der Waals surface area contributed by atoms with E-state index >= 15 is 0 Å². The maximum absolute atomic E-state index is 7.74. The summed E-state index contributed by atoms with van der Waals surface area (Å²) in [7, 11) is 0. The van der Waals surface area contributed by atoms with E-state index in [9.17, 15) is 0 Å². The van der Waals surface area contributed by atoms with Crippen molar-refractivity contribution in [2.24, 2.45) is 0 Å². The summed E-state index contributed by atoms with van der Waals surface area (Å²) >= 11 is 20.9. The number of hydrogen-bond donors (Lipinski definition) is 1. The molecule has 0 radical (unpaired) electrons. The zero-order valence-electron chi connectivity index (χ0n) is 6.04. The number of rotatable bonds is 1. The molecule has 0 bridgehead atoms. The first kappa shape index (κ1) is 18.5. The summed E-state index contributed by atoms with van der Waals surface area (Å²) in [6.45, 7) is 1.98. The first-order chi connectivity index (χ1) is 5.06. The Morgan fingerprint density at radius 2 is 1.45 bits per heavy atom. The minimum atomic E-state index is -0.0694. The molecular formula is C5H11Br2Cl3O. The summed E-state index contributed by atoms with van der Waals surface area (Å²) in [5.74, 6) is 1.07. The van der Waals surface area contributed by atoms with Crippen LogP contribution in [0.1, 0.15) is 6.92 Å². The molecule has 0 aliphatic carbocycles. The molecule has 0 aromatic carbocycles. The van der Waals surface area contributed by atoms with Crippen LogP contribution < -0.4 is 0 Å². The summed E-state index contributed by atoms with van der Waals surface area (Å²) < 4.78 is -0.0694. The van der Waals surface area contributed by atoms with Gasteiger partial charge in [-0.05, 0) is 0 Å². The van der Waals surface area contributed by atoms with Gasteiger partial charge in [0.15, 0.2) is 0 Å². The van der Waals surface area contributed by atoms with Crippen molar-refractivity contribution in [1.82, 2.24) is 0 Å². The molecule has 0 saturated carbocycles. The lowest BCUT2D eigenvalue weighted by atomic mass is 10.9. The van der Waals surface area contributed by atoms with Gasteiger partial charge in [0.05, 0.1) is 6.61 Å². The quantitative estimate of drug-likeness (QED) is 0.712. The minimum absolute atomic E-state index is 0.0694. The molecule has 0 atom stereocenters. The fourth-order valence-corrected chi connectivity index (χ4v) is 0. The van der Waals surface area contributed by atoms with Gasteiger partial charge in [0.25, 0.3) is 0 Å². The molecular weight excluding hydrogens is 342 g/mol. The van der Waals surface area contributed by atoms with Crippen LogP contribution in [0.25, 0.3) is 0 Å². The van der Waals surface area contributed by atoms with Gasteiger partial charge in [-0.2, -0.15) is 0 Å². The van der Waals surface area contributed by atoms with E-state index in [2.05, 4.69) is 31.9 Å². The highest BCUT2D eigenvalue weighted by Crippen LogP contribution is 2.10. The molecule has 1 N–H and O–H groups in total. The van der Waals surface area contributed by atoms with Gasteiger partial charge >= 0.3 is 0 Å².